The molecule has 0 saturated heterocycles. The zero-order chi connectivity index (χ0) is 11.9. The summed E-state index contributed by atoms with van der Waals surface area (Å²) in [5, 5.41) is 6.77. The van der Waals surface area contributed by atoms with Crippen molar-refractivity contribution in [2.45, 2.75) is 52.6 Å². The summed E-state index contributed by atoms with van der Waals surface area (Å²) in [5.41, 5.74) is 0.375. The predicted molar refractivity (Wildman–Crippen MR) is 66.3 cm³/mol. The molecule has 0 heterocycles. The SMILES string of the molecule is CC(C)(C)NCCOCCNC(C)(C)C. The highest BCUT2D eigenvalue weighted by Crippen LogP contribution is 1.97. The molecule has 3 nitrogen and oxygen atoms in total. The van der Waals surface area contributed by atoms with E-state index in [1.165, 1.54) is 0 Å². The lowest BCUT2D eigenvalue weighted by molar-refractivity contribution is 0.128. The number of hydrogen-bond acceptors (Lipinski definition) is 3. The maximum absolute atomic E-state index is 5.50. The van der Waals surface area contributed by atoms with E-state index in [2.05, 4.69) is 52.2 Å². The van der Waals surface area contributed by atoms with Crippen molar-refractivity contribution in [2.24, 2.45) is 0 Å². The molecule has 0 aliphatic rings. The van der Waals surface area contributed by atoms with E-state index < -0.39 is 0 Å². The Hall–Kier alpha value is -0.120. The number of ether oxygens (including phenoxy) is 1. The average Bonchev–Trinajstić information content (AvgIpc) is 1.98. The van der Waals surface area contributed by atoms with E-state index in [9.17, 15) is 0 Å². The molecule has 0 unspecified atom stereocenters. The van der Waals surface area contributed by atoms with Crippen molar-refractivity contribution in [2.75, 3.05) is 26.3 Å². The lowest BCUT2D eigenvalue weighted by atomic mass is 10.1. The van der Waals surface area contributed by atoms with Gasteiger partial charge in [-0.05, 0) is 41.5 Å². The van der Waals surface area contributed by atoms with Gasteiger partial charge in [0.2, 0.25) is 0 Å². The number of hydrogen-bond donors (Lipinski definition) is 2. The lowest BCUT2D eigenvalue weighted by Crippen LogP contribution is -2.39. The van der Waals surface area contributed by atoms with Gasteiger partial charge in [-0.3, -0.25) is 0 Å². The van der Waals surface area contributed by atoms with Crippen LogP contribution in [0.25, 0.3) is 0 Å². The Balaban J connectivity index is 3.20. The fraction of sp³-hybridized carbons (Fsp3) is 1.00. The van der Waals surface area contributed by atoms with Crippen LogP contribution in [-0.2, 0) is 4.74 Å². The van der Waals surface area contributed by atoms with Crippen molar-refractivity contribution in [1.82, 2.24) is 10.6 Å². The van der Waals surface area contributed by atoms with Crippen molar-refractivity contribution in [3.05, 3.63) is 0 Å². The summed E-state index contributed by atoms with van der Waals surface area (Å²) in [4.78, 5) is 0. The molecule has 0 amide bonds. The molecule has 0 aliphatic heterocycles. The Labute approximate surface area is 95.0 Å². The fourth-order valence-electron chi connectivity index (χ4n) is 1.10. The summed E-state index contributed by atoms with van der Waals surface area (Å²) in [6.45, 7) is 16.4. The highest BCUT2D eigenvalue weighted by Gasteiger charge is 2.08. The maximum atomic E-state index is 5.50. The third-order valence-corrected chi connectivity index (χ3v) is 1.80. The summed E-state index contributed by atoms with van der Waals surface area (Å²) in [7, 11) is 0. The van der Waals surface area contributed by atoms with Crippen LogP contribution in [0.2, 0.25) is 0 Å². The standard InChI is InChI=1S/C12H28N2O/c1-11(2,3)13-7-9-15-10-8-14-12(4,5)6/h13-14H,7-10H2,1-6H3. The van der Waals surface area contributed by atoms with E-state index in [4.69, 9.17) is 4.74 Å². The highest BCUT2D eigenvalue weighted by atomic mass is 16.5. The molecule has 15 heavy (non-hydrogen) atoms. The first-order chi connectivity index (χ1) is 6.71. The topological polar surface area (TPSA) is 33.3 Å². The van der Waals surface area contributed by atoms with Crippen LogP contribution in [0, 0.1) is 0 Å². The van der Waals surface area contributed by atoms with Crippen LogP contribution >= 0.6 is 0 Å². The van der Waals surface area contributed by atoms with Gasteiger partial charge in [-0.15, -0.1) is 0 Å². The second kappa shape index (κ2) is 6.46. The molecule has 0 rings (SSSR count). The first kappa shape index (κ1) is 14.9. The molecule has 0 bridgehead atoms. The minimum Gasteiger partial charge on any atom is -0.379 e. The van der Waals surface area contributed by atoms with Crippen LogP contribution < -0.4 is 10.6 Å². The Morgan fingerprint density at radius 1 is 0.733 bits per heavy atom. The molecule has 0 fully saturated rings. The molecule has 0 aliphatic carbocycles. The third kappa shape index (κ3) is 13.9. The lowest BCUT2D eigenvalue weighted by Gasteiger charge is -2.21. The average molecular weight is 216 g/mol. The molecular formula is C12H28N2O. The second-order valence-electron chi connectivity index (χ2n) is 5.97. The molecule has 0 aromatic rings. The Morgan fingerprint density at radius 3 is 1.33 bits per heavy atom. The largest absolute Gasteiger partial charge is 0.379 e. The zero-order valence-corrected chi connectivity index (χ0v) is 11.2. The van der Waals surface area contributed by atoms with Crippen molar-refractivity contribution in [1.29, 1.82) is 0 Å². The van der Waals surface area contributed by atoms with Crippen LogP contribution in [0.1, 0.15) is 41.5 Å². The van der Waals surface area contributed by atoms with E-state index in [1.54, 1.807) is 0 Å². The van der Waals surface area contributed by atoms with E-state index >= 15 is 0 Å². The molecule has 2 N–H and O–H groups in total. The van der Waals surface area contributed by atoms with Gasteiger partial charge < -0.3 is 15.4 Å². The van der Waals surface area contributed by atoms with Crippen molar-refractivity contribution >= 4 is 0 Å². The smallest absolute Gasteiger partial charge is 0.0591 e. The first-order valence-electron chi connectivity index (χ1n) is 5.78. The molecule has 0 saturated carbocycles. The van der Waals surface area contributed by atoms with Gasteiger partial charge in [-0.2, -0.15) is 0 Å². The minimum absolute atomic E-state index is 0.188. The number of nitrogens with one attached hydrogen (secondary N) is 2. The Kier molecular flexibility index (Phi) is 6.41. The van der Waals surface area contributed by atoms with E-state index in [1.807, 2.05) is 0 Å². The monoisotopic (exact) mass is 216 g/mol. The molecule has 0 atom stereocenters. The Bertz CT molecular complexity index is 138. The summed E-state index contributed by atoms with van der Waals surface area (Å²) in [6, 6.07) is 0. The highest BCUT2D eigenvalue weighted by molar-refractivity contribution is 4.70. The quantitative estimate of drug-likeness (QED) is 0.664. The van der Waals surface area contributed by atoms with Crippen LogP contribution in [0.15, 0.2) is 0 Å². The molecule has 92 valence electrons. The molecule has 0 aromatic heterocycles. The normalized spacial score (nSPS) is 13.2. The molecule has 3 heteroatoms. The predicted octanol–water partition coefficient (Wildman–Crippen LogP) is 1.78. The minimum atomic E-state index is 0.188. The van der Waals surface area contributed by atoms with Crippen molar-refractivity contribution in [3.63, 3.8) is 0 Å². The van der Waals surface area contributed by atoms with Gasteiger partial charge in [0.1, 0.15) is 0 Å². The Morgan fingerprint density at radius 2 is 1.07 bits per heavy atom. The first-order valence-corrected chi connectivity index (χ1v) is 5.78. The van der Waals surface area contributed by atoms with Crippen LogP contribution in [0.4, 0.5) is 0 Å². The van der Waals surface area contributed by atoms with Gasteiger partial charge in [-0.25, -0.2) is 0 Å². The second-order valence-corrected chi connectivity index (χ2v) is 5.97. The van der Waals surface area contributed by atoms with Gasteiger partial charge in [-0.1, -0.05) is 0 Å². The van der Waals surface area contributed by atoms with Crippen molar-refractivity contribution < 1.29 is 4.74 Å². The van der Waals surface area contributed by atoms with Crippen LogP contribution in [0.3, 0.4) is 0 Å². The van der Waals surface area contributed by atoms with Gasteiger partial charge in [0, 0.05) is 24.2 Å². The van der Waals surface area contributed by atoms with E-state index in [-0.39, 0.29) is 11.1 Å². The van der Waals surface area contributed by atoms with Crippen LogP contribution in [0.5, 0.6) is 0 Å². The van der Waals surface area contributed by atoms with E-state index in [0.717, 1.165) is 26.3 Å². The summed E-state index contributed by atoms with van der Waals surface area (Å²) in [6.07, 6.45) is 0. The molecule has 0 radical (unpaired) electrons. The molecule has 0 aromatic carbocycles. The van der Waals surface area contributed by atoms with Crippen molar-refractivity contribution in [3.8, 4) is 0 Å². The van der Waals surface area contributed by atoms with Gasteiger partial charge >= 0.3 is 0 Å². The third-order valence-electron chi connectivity index (χ3n) is 1.80. The maximum Gasteiger partial charge on any atom is 0.0591 e. The summed E-state index contributed by atoms with van der Waals surface area (Å²) in [5.74, 6) is 0. The zero-order valence-electron chi connectivity index (χ0n) is 11.2. The van der Waals surface area contributed by atoms with E-state index in [0.29, 0.717) is 0 Å². The fourth-order valence-corrected chi connectivity index (χ4v) is 1.10. The molecule has 0 spiro atoms. The number of rotatable bonds is 6. The van der Waals surface area contributed by atoms with Crippen LogP contribution in [-0.4, -0.2) is 37.4 Å². The van der Waals surface area contributed by atoms with Gasteiger partial charge in [0.05, 0.1) is 13.2 Å². The van der Waals surface area contributed by atoms with Gasteiger partial charge in [0.15, 0.2) is 0 Å². The summed E-state index contributed by atoms with van der Waals surface area (Å²) >= 11 is 0. The van der Waals surface area contributed by atoms with Gasteiger partial charge in [0.25, 0.3) is 0 Å². The molecular weight excluding hydrogens is 188 g/mol. The summed E-state index contributed by atoms with van der Waals surface area (Å²) < 4.78 is 5.50.